The number of rotatable bonds is 4. The molecule has 0 fully saturated rings. The van der Waals surface area contributed by atoms with Gasteiger partial charge < -0.3 is 15.1 Å². The predicted molar refractivity (Wildman–Crippen MR) is 73.5 cm³/mol. The van der Waals surface area contributed by atoms with Crippen molar-refractivity contribution in [1.82, 2.24) is 4.90 Å². The molecule has 1 amide bonds. The lowest BCUT2D eigenvalue weighted by Crippen LogP contribution is -2.30. The maximum atomic E-state index is 13.8. The summed E-state index contributed by atoms with van der Waals surface area (Å²) < 4.78 is 32.3. The Balaban J connectivity index is 2.23. The van der Waals surface area contributed by atoms with Crippen molar-refractivity contribution in [3.63, 3.8) is 0 Å². The van der Waals surface area contributed by atoms with E-state index in [-0.39, 0.29) is 17.9 Å². The molecule has 1 aromatic carbocycles. The number of nitrogens with two attached hydrogens (primary N) is 1. The lowest BCUT2D eigenvalue weighted by atomic mass is 10.1. The molecule has 21 heavy (non-hydrogen) atoms. The summed E-state index contributed by atoms with van der Waals surface area (Å²) in [4.78, 5) is 13.5. The van der Waals surface area contributed by atoms with Crippen molar-refractivity contribution >= 4 is 5.91 Å². The smallest absolute Gasteiger partial charge is 0.289 e. The van der Waals surface area contributed by atoms with Gasteiger partial charge in [-0.25, -0.2) is 8.78 Å². The van der Waals surface area contributed by atoms with E-state index in [1.165, 1.54) is 18.0 Å². The monoisotopic (exact) mass is 294 g/mol. The zero-order chi connectivity index (χ0) is 15.6. The fourth-order valence-corrected chi connectivity index (χ4v) is 2.00. The fourth-order valence-electron chi connectivity index (χ4n) is 2.00. The molecule has 4 nitrogen and oxygen atoms in total. The molecule has 2 rings (SSSR count). The molecule has 1 unspecified atom stereocenters. The molecular formula is C15H16F2N2O2. The van der Waals surface area contributed by atoms with Crippen molar-refractivity contribution in [2.75, 3.05) is 7.05 Å². The summed E-state index contributed by atoms with van der Waals surface area (Å²) in [5.41, 5.74) is 5.52. The lowest BCUT2D eigenvalue weighted by molar-refractivity contribution is 0.0706. The fraction of sp³-hybridized carbons (Fsp3) is 0.267. The zero-order valence-corrected chi connectivity index (χ0v) is 11.8. The van der Waals surface area contributed by atoms with Crippen LogP contribution in [0.4, 0.5) is 8.78 Å². The number of furan rings is 1. The Morgan fingerprint density at radius 1 is 1.33 bits per heavy atom. The topological polar surface area (TPSA) is 59.5 Å². The third-order valence-electron chi connectivity index (χ3n) is 3.38. The molecule has 1 aromatic heterocycles. The first kappa shape index (κ1) is 15.2. The van der Waals surface area contributed by atoms with Crippen molar-refractivity contribution in [2.45, 2.75) is 19.5 Å². The molecule has 2 aromatic rings. The molecular weight excluding hydrogens is 278 g/mol. The van der Waals surface area contributed by atoms with Crippen LogP contribution in [-0.2, 0) is 6.54 Å². The molecule has 1 heterocycles. The summed E-state index contributed by atoms with van der Waals surface area (Å²) in [7, 11) is 1.50. The van der Waals surface area contributed by atoms with Crippen molar-refractivity contribution in [3.05, 3.63) is 59.1 Å². The summed E-state index contributed by atoms with van der Waals surface area (Å²) in [5, 5.41) is 0. The highest BCUT2D eigenvalue weighted by atomic mass is 19.1. The molecule has 0 aliphatic heterocycles. The third kappa shape index (κ3) is 3.11. The van der Waals surface area contributed by atoms with Crippen LogP contribution in [0.3, 0.4) is 0 Å². The maximum Gasteiger partial charge on any atom is 0.289 e. The summed E-state index contributed by atoms with van der Waals surface area (Å²) in [5.74, 6) is -0.947. The number of hydrogen-bond acceptors (Lipinski definition) is 3. The van der Waals surface area contributed by atoms with Crippen molar-refractivity contribution in [1.29, 1.82) is 0 Å². The molecule has 112 valence electrons. The van der Waals surface area contributed by atoms with Gasteiger partial charge in [-0.1, -0.05) is 0 Å². The zero-order valence-electron chi connectivity index (χ0n) is 11.8. The minimum Gasteiger partial charge on any atom is -0.455 e. The molecule has 0 saturated carbocycles. The Hall–Kier alpha value is -2.21. The molecule has 2 N–H and O–H groups in total. The molecule has 0 aliphatic rings. The van der Waals surface area contributed by atoms with E-state index in [0.29, 0.717) is 5.76 Å². The number of halogens is 2. The third-order valence-corrected chi connectivity index (χ3v) is 3.38. The molecule has 0 saturated heterocycles. The van der Waals surface area contributed by atoms with Crippen LogP contribution in [0, 0.1) is 11.6 Å². The molecule has 0 radical (unpaired) electrons. The van der Waals surface area contributed by atoms with E-state index in [2.05, 4.69) is 0 Å². The summed E-state index contributed by atoms with van der Waals surface area (Å²) in [6.07, 6.45) is 0. The quantitative estimate of drug-likeness (QED) is 0.943. The van der Waals surface area contributed by atoms with Gasteiger partial charge in [0.15, 0.2) is 5.76 Å². The highest BCUT2D eigenvalue weighted by molar-refractivity contribution is 5.91. The normalized spacial score (nSPS) is 12.2. The number of carbonyl (C=O) groups is 1. The summed E-state index contributed by atoms with van der Waals surface area (Å²) >= 11 is 0. The van der Waals surface area contributed by atoms with Gasteiger partial charge in [0.05, 0.1) is 12.6 Å². The number of carbonyl (C=O) groups excluding carboxylic acids is 1. The standard InChI is InChI=1S/C15H16F2N2O2/c1-9(12-7-10(16)3-5-13(12)17)19(2)15(20)14-6-4-11(8-18)21-14/h3-7,9H,8,18H2,1-2H3. The van der Waals surface area contributed by atoms with Crippen molar-refractivity contribution < 1.29 is 18.0 Å². The number of benzene rings is 1. The van der Waals surface area contributed by atoms with Gasteiger partial charge in [-0.05, 0) is 37.3 Å². The van der Waals surface area contributed by atoms with E-state index in [1.807, 2.05) is 0 Å². The van der Waals surface area contributed by atoms with E-state index >= 15 is 0 Å². The van der Waals surface area contributed by atoms with Gasteiger partial charge in [0.2, 0.25) is 0 Å². The van der Waals surface area contributed by atoms with Crippen LogP contribution in [-0.4, -0.2) is 17.9 Å². The van der Waals surface area contributed by atoms with Gasteiger partial charge in [0.1, 0.15) is 17.4 Å². The van der Waals surface area contributed by atoms with Crippen LogP contribution in [0.2, 0.25) is 0 Å². The van der Waals surface area contributed by atoms with Crippen molar-refractivity contribution in [3.8, 4) is 0 Å². The Morgan fingerprint density at radius 3 is 2.67 bits per heavy atom. The van der Waals surface area contributed by atoms with Gasteiger partial charge in [-0.3, -0.25) is 4.79 Å². The Bertz CT molecular complexity index is 655. The minimum atomic E-state index is -0.639. The second-order valence-corrected chi connectivity index (χ2v) is 4.73. The predicted octanol–water partition coefficient (Wildman–Crippen LogP) is 2.85. The van der Waals surface area contributed by atoms with Crippen LogP contribution in [0.5, 0.6) is 0 Å². The highest BCUT2D eigenvalue weighted by Crippen LogP contribution is 2.24. The number of nitrogens with zero attached hydrogens (tertiary/aromatic N) is 1. The van der Waals surface area contributed by atoms with E-state index in [4.69, 9.17) is 10.2 Å². The second kappa shape index (κ2) is 6.05. The van der Waals surface area contributed by atoms with Crippen LogP contribution in [0.1, 0.15) is 34.8 Å². The van der Waals surface area contributed by atoms with Crippen LogP contribution < -0.4 is 5.73 Å². The Labute approximate surface area is 121 Å². The highest BCUT2D eigenvalue weighted by Gasteiger charge is 2.23. The Morgan fingerprint density at radius 2 is 2.05 bits per heavy atom. The average molecular weight is 294 g/mol. The molecule has 0 aliphatic carbocycles. The van der Waals surface area contributed by atoms with Gasteiger partial charge in [-0.2, -0.15) is 0 Å². The minimum absolute atomic E-state index is 0.108. The molecule has 1 atom stereocenters. The molecule has 0 spiro atoms. The van der Waals surface area contributed by atoms with Gasteiger partial charge in [0, 0.05) is 12.6 Å². The summed E-state index contributed by atoms with van der Waals surface area (Å²) in [6, 6.07) is 5.63. The number of hydrogen-bond donors (Lipinski definition) is 1. The first-order valence-electron chi connectivity index (χ1n) is 6.45. The average Bonchev–Trinajstić information content (AvgIpc) is 2.96. The van der Waals surface area contributed by atoms with Crippen molar-refractivity contribution in [2.24, 2.45) is 5.73 Å². The van der Waals surface area contributed by atoms with Gasteiger partial charge in [-0.15, -0.1) is 0 Å². The molecule has 6 heteroatoms. The molecule has 0 bridgehead atoms. The largest absolute Gasteiger partial charge is 0.455 e. The van der Waals surface area contributed by atoms with E-state index in [0.717, 1.165) is 18.2 Å². The van der Waals surface area contributed by atoms with E-state index in [1.54, 1.807) is 13.0 Å². The van der Waals surface area contributed by atoms with Gasteiger partial charge in [0.25, 0.3) is 5.91 Å². The lowest BCUT2D eigenvalue weighted by Gasteiger charge is -2.24. The van der Waals surface area contributed by atoms with E-state index in [9.17, 15) is 13.6 Å². The van der Waals surface area contributed by atoms with E-state index < -0.39 is 23.6 Å². The number of amides is 1. The SMILES string of the molecule is CC(c1cc(F)ccc1F)N(C)C(=O)c1ccc(CN)o1. The second-order valence-electron chi connectivity index (χ2n) is 4.73. The van der Waals surface area contributed by atoms with Gasteiger partial charge >= 0.3 is 0 Å². The first-order valence-corrected chi connectivity index (χ1v) is 6.45. The van der Waals surface area contributed by atoms with Crippen LogP contribution in [0.25, 0.3) is 0 Å². The van der Waals surface area contributed by atoms with Crippen LogP contribution in [0.15, 0.2) is 34.7 Å². The first-order chi connectivity index (χ1) is 9.93. The Kier molecular flexibility index (Phi) is 4.37. The summed E-state index contributed by atoms with van der Waals surface area (Å²) in [6.45, 7) is 1.80. The van der Waals surface area contributed by atoms with Crippen LogP contribution >= 0.6 is 0 Å². The maximum absolute atomic E-state index is 13.8.